The van der Waals surface area contributed by atoms with Gasteiger partial charge in [-0.15, -0.1) is 0 Å². The minimum atomic E-state index is 0.372. The largest absolute Gasteiger partial charge is 0.259 e. The standard InChI is InChI=1S/C13H21NS/c1-10(2)4-9-13(14-15)12-7-5-11(3)6-8-12/h5-8,10,13-15H,4,9H2,1-3H3. The number of rotatable bonds is 5. The summed E-state index contributed by atoms with van der Waals surface area (Å²) >= 11 is 4.21. The van der Waals surface area contributed by atoms with E-state index in [4.69, 9.17) is 0 Å². The molecule has 84 valence electrons. The van der Waals surface area contributed by atoms with Gasteiger partial charge >= 0.3 is 0 Å². The van der Waals surface area contributed by atoms with Crippen LogP contribution in [0.3, 0.4) is 0 Å². The molecule has 0 aromatic heterocycles. The summed E-state index contributed by atoms with van der Waals surface area (Å²) in [6.45, 7) is 6.62. The van der Waals surface area contributed by atoms with E-state index in [1.165, 1.54) is 17.5 Å². The van der Waals surface area contributed by atoms with Crippen molar-refractivity contribution in [2.24, 2.45) is 5.92 Å². The van der Waals surface area contributed by atoms with Crippen molar-refractivity contribution in [3.63, 3.8) is 0 Å². The minimum absolute atomic E-state index is 0.372. The SMILES string of the molecule is Cc1ccc(C(CCC(C)C)NS)cc1. The van der Waals surface area contributed by atoms with Crippen molar-refractivity contribution in [2.75, 3.05) is 0 Å². The third kappa shape index (κ3) is 4.27. The lowest BCUT2D eigenvalue weighted by molar-refractivity contribution is 0.493. The van der Waals surface area contributed by atoms with Crippen LogP contribution in [0, 0.1) is 12.8 Å². The molecule has 0 aliphatic carbocycles. The van der Waals surface area contributed by atoms with Gasteiger partial charge in [0.1, 0.15) is 0 Å². The fourth-order valence-corrected chi connectivity index (χ4v) is 1.88. The number of nitrogens with one attached hydrogen (secondary N) is 1. The quantitative estimate of drug-likeness (QED) is 0.721. The highest BCUT2D eigenvalue weighted by atomic mass is 32.1. The molecule has 1 unspecified atom stereocenters. The molecule has 0 aliphatic heterocycles. The van der Waals surface area contributed by atoms with E-state index in [9.17, 15) is 0 Å². The van der Waals surface area contributed by atoms with Crippen molar-refractivity contribution in [3.8, 4) is 0 Å². The Balaban J connectivity index is 2.61. The van der Waals surface area contributed by atoms with Crippen LogP contribution in [0.25, 0.3) is 0 Å². The summed E-state index contributed by atoms with van der Waals surface area (Å²) in [5.41, 5.74) is 2.64. The van der Waals surface area contributed by atoms with Crippen LogP contribution in [0.15, 0.2) is 24.3 Å². The van der Waals surface area contributed by atoms with Gasteiger partial charge in [0.15, 0.2) is 0 Å². The molecule has 0 saturated carbocycles. The van der Waals surface area contributed by atoms with Gasteiger partial charge in [0.2, 0.25) is 0 Å². The molecule has 0 radical (unpaired) electrons. The fourth-order valence-electron chi connectivity index (χ4n) is 1.60. The maximum absolute atomic E-state index is 4.21. The molecule has 15 heavy (non-hydrogen) atoms. The third-order valence-corrected chi connectivity index (χ3v) is 2.98. The normalized spacial score (nSPS) is 13.1. The molecule has 0 bridgehead atoms. The van der Waals surface area contributed by atoms with Gasteiger partial charge in [-0.1, -0.05) is 56.5 Å². The second-order valence-corrected chi connectivity index (χ2v) is 4.82. The van der Waals surface area contributed by atoms with E-state index in [1.54, 1.807) is 0 Å². The van der Waals surface area contributed by atoms with Crippen molar-refractivity contribution >= 4 is 12.8 Å². The molecule has 0 spiro atoms. The summed E-state index contributed by atoms with van der Waals surface area (Å²) < 4.78 is 3.09. The van der Waals surface area contributed by atoms with E-state index < -0.39 is 0 Å². The van der Waals surface area contributed by atoms with Crippen molar-refractivity contribution in [3.05, 3.63) is 35.4 Å². The second kappa shape index (κ2) is 6.19. The lowest BCUT2D eigenvalue weighted by atomic mass is 9.98. The van der Waals surface area contributed by atoms with Gasteiger partial charge in [-0.05, 0) is 31.2 Å². The lowest BCUT2D eigenvalue weighted by Gasteiger charge is -2.17. The molecule has 0 saturated heterocycles. The molecule has 1 rings (SSSR count). The van der Waals surface area contributed by atoms with Crippen LogP contribution in [0.5, 0.6) is 0 Å². The highest BCUT2D eigenvalue weighted by Gasteiger charge is 2.09. The third-order valence-electron chi connectivity index (χ3n) is 2.67. The molecular formula is C13H21NS. The number of benzene rings is 1. The van der Waals surface area contributed by atoms with Crippen molar-refractivity contribution in [2.45, 2.75) is 39.7 Å². The Kier molecular flexibility index (Phi) is 5.20. The van der Waals surface area contributed by atoms with E-state index in [0.717, 1.165) is 12.3 Å². The topological polar surface area (TPSA) is 12.0 Å². The van der Waals surface area contributed by atoms with Crippen LogP contribution in [0.1, 0.15) is 43.9 Å². The average molecular weight is 223 g/mol. The molecule has 2 heteroatoms. The predicted octanol–water partition coefficient (Wildman–Crippen LogP) is 3.91. The zero-order valence-corrected chi connectivity index (χ0v) is 10.7. The van der Waals surface area contributed by atoms with Crippen molar-refractivity contribution in [1.29, 1.82) is 0 Å². The van der Waals surface area contributed by atoms with Gasteiger partial charge in [-0.25, -0.2) is 0 Å². The first-order chi connectivity index (χ1) is 7.13. The zero-order valence-electron chi connectivity index (χ0n) is 9.83. The lowest BCUT2D eigenvalue weighted by Crippen LogP contribution is -2.12. The summed E-state index contributed by atoms with van der Waals surface area (Å²) in [4.78, 5) is 0. The molecule has 0 fully saturated rings. The second-order valence-electron chi connectivity index (χ2n) is 4.56. The highest BCUT2D eigenvalue weighted by Crippen LogP contribution is 2.21. The van der Waals surface area contributed by atoms with Crippen LogP contribution in [-0.2, 0) is 0 Å². The molecule has 1 aromatic rings. The van der Waals surface area contributed by atoms with Gasteiger partial charge < -0.3 is 0 Å². The van der Waals surface area contributed by atoms with E-state index in [0.29, 0.717) is 6.04 Å². The van der Waals surface area contributed by atoms with E-state index in [1.807, 2.05) is 0 Å². The van der Waals surface area contributed by atoms with Gasteiger partial charge in [0, 0.05) is 6.04 Å². The first-order valence-corrected chi connectivity index (χ1v) is 6.04. The minimum Gasteiger partial charge on any atom is -0.259 e. The van der Waals surface area contributed by atoms with Crippen LogP contribution < -0.4 is 4.72 Å². The fraction of sp³-hybridized carbons (Fsp3) is 0.538. The smallest absolute Gasteiger partial charge is 0.0419 e. The maximum Gasteiger partial charge on any atom is 0.0419 e. The Hall–Kier alpha value is -0.470. The molecule has 1 N–H and O–H groups in total. The molecule has 0 heterocycles. The Morgan fingerprint density at radius 1 is 1.13 bits per heavy atom. The van der Waals surface area contributed by atoms with Crippen molar-refractivity contribution in [1.82, 2.24) is 4.72 Å². The molecule has 0 amide bonds. The molecule has 1 aromatic carbocycles. The van der Waals surface area contributed by atoms with E-state index >= 15 is 0 Å². The first-order valence-electron chi connectivity index (χ1n) is 5.59. The predicted molar refractivity (Wildman–Crippen MR) is 70.1 cm³/mol. The van der Waals surface area contributed by atoms with E-state index in [-0.39, 0.29) is 0 Å². The maximum atomic E-state index is 4.21. The Morgan fingerprint density at radius 2 is 1.73 bits per heavy atom. The molecular weight excluding hydrogens is 202 g/mol. The Bertz CT molecular complexity index is 279. The number of aryl methyl sites for hydroxylation is 1. The van der Waals surface area contributed by atoms with Crippen LogP contribution >= 0.6 is 12.8 Å². The monoisotopic (exact) mass is 223 g/mol. The molecule has 1 nitrogen and oxygen atoms in total. The molecule has 1 atom stereocenters. The van der Waals surface area contributed by atoms with Crippen LogP contribution in [-0.4, -0.2) is 0 Å². The number of hydrogen-bond donors (Lipinski definition) is 2. The summed E-state index contributed by atoms with van der Waals surface area (Å²) in [6, 6.07) is 9.05. The van der Waals surface area contributed by atoms with Crippen molar-refractivity contribution < 1.29 is 0 Å². The summed E-state index contributed by atoms with van der Waals surface area (Å²) in [6.07, 6.45) is 2.37. The summed E-state index contributed by atoms with van der Waals surface area (Å²) in [5.74, 6) is 0.750. The summed E-state index contributed by atoms with van der Waals surface area (Å²) in [5, 5.41) is 0. The van der Waals surface area contributed by atoms with Crippen LogP contribution in [0.4, 0.5) is 0 Å². The van der Waals surface area contributed by atoms with Gasteiger partial charge in [-0.3, -0.25) is 4.72 Å². The highest BCUT2D eigenvalue weighted by molar-refractivity contribution is 7.78. The van der Waals surface area contributed by atoms with Gasteiger partial charge in [0.05, 0.1) is 0 Å². The summed E-state index contributed by atoms with van der Waals surface area (Å²) in [7, 11) is 0. The number of thiol groups is 1. The van der Waals surface area contributed by atoms with Crippen LogP contribution in [0.2, 0.25) is 0 Å². The Labute approximate surface area is 98.8 Å². The Morgan fingerprint density at radius 3 is 2.20 bits per heavy atom. The first kappa shape index (κ1) is 12.6. The van der Waals surface area contributed by atoms with Gasteiger partial charge in [-0.2, -0.15) is 0 Å². The zero-order chi connectivity index (χ0) is 11.3. The average Bonchev–Trinajstić information content (AvgIpc) is 2.21. The number of hydrogen-bond acceptors (Lipinski definition) is 2. The van der Waals surface area contributed by atoms with E-state index in [2.05, 4.69) is 62.6 Å². The van der Waals surface area contributed by atoms with Gasteiger partial charge in [0.25, 0.3) is 0 Å². The molecule has 0 aliphatic rings.